The highest BCUT2D eigenvalue weighted by molar-refractivity contribution is 5.72. The lowest BCUT2D eigenvalue weighted by Gasteiger charge is -2.17. The van der Waals surface area contributed by atoms with Crippen LogP contribution in [0.25, 0.3) is 0 Å². The summed E-state index contributed by atoms with van der Waals surface area (Å²) in [5, 5.41) is 19.6. The highest BCUT2D eigenvalue weighted by Gasteiger charge is 2.41. The Labute approximate surface area is 80.3 Å². The fourth-order valence-electron chi connectivity index (χ4n) is 1.47. The van der Waals surface area contributed by atoms with Gasteiger partial charge in [-0.2, -0.15) is 0 Å². The Morgan fingerprint density at radius 2 is 2.50 bits per heavy atom. The SMILES string of the molecule is C=C[C@@H](O)[C@@H]1OC(=O)C[C@@H]1C[N+](=O)[O-]. The average molecular weight is 201 g/mol. The van der Waals surface area contributed by atoms with Crippen LogP contribution in [0.15, 0.2) is 12.7 Å². The third kappa shape index (κ3) is 2.29. The van der Waals surface area contributed by atoms with Crippen LogP contribution in [0.5, 0.6) is 0 Å². The maximum Gasteiger partial charge on any atom is 0.306 e. The lowest BCUT2D eigenvalue weighted by Crippen LogP contribution is -2.33. The Bertz CT molecular complexity index is 264. The number of nitro groups is 1. The second-order valence-corrected chi connectivity index (χ2v) is 3.16. The minimum atomic E-state index is -1.04. The number of ether oxygens (including phenoxy) is 1. The molecule has 0 unspecified atom stereocenters. The van der Waals surface area contributed by atoms with E-state index in [-0.39, 0.29) is 13.0 Å². The van der Waals surface area contributed by atoms with Crippen molar-refractivity contribution in [3.8, 4) is 0 Å². The fraction of sp³-hybridized carbons (Fsp3) is 0.625. The van der Waals surface area contributed by atoms with E-state index < -0.39 is 29.0 Å². The van der Waals surface area contributed by atoms with Crippen LogP contribution >= 0.6 is 0 Å². The van der Waals surface area contributed by atoms with Crippen LogP contribution < -0.4 is 0 Å². The van der Waals surface area contributed by atoms with Crippen molar-refractivity contribution in [2.75, 3.05) is 6.54 Å². The standard InChI is InChI=1S/C8H11NO5/c1-2-6(10)8-5(4-9(12)13)3-7(11)14-8/h2,5-6,8,10H,1,3-4H2/t5-,6-,8-/m1/s1. The van der Waals surface area contributed by atoms with Gasteiger partial charge in [0, 0.05) is 4.92 Å². The molecule has 0 aromatic rings. The molecule has 0 radical (unpaired) electrons. The molecular formula is C8H11NO5. The molecule has 1 rings (SSSR count). The van der Waals surface area contributed by atoms with E-state index in [1.807, 2.05) is 0 Å². The van der Waals surface area contributed by atoms with Gasteiger partial charge in [0.25, 0.3) is 0 Å². The topological polar surface area (TPSA) is 89.7 Å². The van der Waals surface area contributed by atoms with E-state index in [1.54, 1.807) is 0 Å². The van der Waals surface area contributed by atoms with Crippen LogP contribution in [0, 0.1) is 16.0 Å². The number of hydrogen-bond acceptors (Lipinski definition) is 5. The third-order valence-corrected chi connectivity index (χ3v) is 2.12. The predicted octanol–water partition coefficient (Wildman–Crippen LogP) is -0.258. The number of nitrogens with zero attached hydrogens (tertiary/aromatic N) is 1. The summed E-state index contributed by atoms with van der Waals surface area (Å²) >= 11 is 0. The van der Waals surface area contributed by atoms with Gasteiger partial charge in [-0.05, 0) is 0 Å². The smallest absolute Gasteiger partial charge is 0.306 e. The molecule has 14 heavy (non-hydrogen) atoms. The number of aliphatic hydroxyl groups is 1. The molecule has 6 heteroatoms. The molecule has 1 saturated heterocycles. The normalized spacial score (nSPS) is 28.2. The largest absolute Gasteiger partial charge is 0.459 e. The first kappa shape index (κ1) is 10.6. The van der Waals surface area contributed by atoms with Gasteiger partial charge in [-0.3, -0.25) is 14.9 Å². The Balaban J connectivity index is 2.66. The Morgan fingerprint density at radius 1 is 1.86 bits per heavy atom. The van der Waals surface area contributed by atoms with Gasteiger partial charge in [0.05, 0.1) is 12.3 Å². The summed E-state index contributed by atoms with van der Waals surface area (Å²) in [7, 11) is 0. The van der Waals surface area contributed by atoms with E-state index >= 15 is 0 Å². The Morgan fingerprint density at radius 3 is 3.00 bits per heavy atom. The first-order chi connectivity index (χ1) is 6.54. The second-order valence-electron chi connectivity index (χ2n) is 3.16. The fourth-order valence-corrected chi connectivity index (χ4v) is 1.47. The molecule has 3 atom stereocenters. The zero-order valence-electron chi connectivity index (χ0n) is 7.46. The van der Waals surface area contributed by atoms with Crippen molar-refractivity contribution in [2.24, 2.45) is 5.92 Å². The van der Waals surface area contributed by atoms with E-state index in [0.29, 0.717) is 0 Å². The van der Waals surface area contributed by atoms with Crippen LogP contribution in [0.3, 0.4) is 0 Å². The first-order valence-electron chi connectivity index (χ1n) is 4.16. The maximum atomic E-state index is 10.9. The molecule has 0 aromatic carbocycles. The number of carbonyl (C=O) groups is 1. The van der Waals surface area contributed by atoms with Gasteiger partial charge in [0.2, 0.25) is 6.54 Å². The van der Waals surface area contributed by atoms with Crippen molar-refractivity contribution < 1.29 is 19.6 Å². The molecular weight excluding hydrogens is 190 g/mol. The molecule has 0 spiro atoms. The second kappa shape index (κ2) is 4.19. The maximum absolute atomic E-state index is 10.9. The van der Waals surface area contributed by atoms with E-state index in [4.69, 9.17) is 4.74 Å². The summed E-state index contributed by atoms with van der Waals surface area (Å²) in [6.07, 6.45) is -0.677. The zero-order chi connectivity index (χ0) is 10.7. The highest BCUT2D eigenvalue weighted by Crippen LogP contribution is 2.25. The Kier molecular flexibility index (Phi) is 3.19. The summed E-state index contributed by atoms with van der Waals surface area (Å²) < 4.78 is 4.76. The van der Waals surface area contributed by atoms with Gasteiger partial charge in [-0.15, -0.1) is 6.58 Å². The van der Waals surface area contributed by atoms with Gasteiger partial charge < -0.3 is 9.84 Å². The van der Waals surface area contributed by atoms with Crippen molar-refractivity contribution in [2.45, 2.75) is 18.6 Å². The van der Waals surface area contributed by atoms with Crippen LogP contribution in [0.1, 0.15) is 6.42 Å². The quantitative estimate of drug-likeness (QED) is 0.293. The summed E-state index contributed by atoms with van der Waals surface area (Å²) in [5.74, 6) is -1.08. The summed E-state index contributed by atoms with van der Waals surface area (Å²) in [5.41, 5.74) is 0. The monoisotopic (exact) mass is 201 g/mol. The third-order valence-electron chi connectivity index (χ3n) is 2.12. The minimum absolute atomic E-state index is 0.0173. The number of hydrogen-bond donors (Lipinski definition) is 1. The number of carbonyl (C=O) groups excluding carboxylic acids is 1. The molecule has 0 saturated carbocycles. The van der Waals surface area contributed by atoms with Gasteiger partial charge in [-0.25, -0.2) is 0 Å². The number of rotatable bonds is 4. The summed E-state index contributed by atoms with van der Waals surface area (Å²) in [6, 6.07) is 0. The number of cyclic esters (lactones) is 1. The molecule has 1 aliphatic rings. The molecule has 0 aromatic heterocycles. The van der Waals surface area contributed by atoms with E-state index in [1.165, 1.54) is 6.08 Å². The van der Waals surface area contributed by atoms with E-state index in [2.05, 4.69) is 6.58 Å². The van der Waals surface area contributed by atoms with Crippen LogP contribution in [-0.4, -0.2) is 34.8 Å². The van der Waals surface area contributed by atoms with Gasteiger partial charge in [0.15, 0.2) is 0 Å². The van der Waals surface area contributed by atoms with Crippen molar-refractivity contribution in [3.63, 3.8) is 0 Å². The van der Waals surface area contributed by atoms with Gasteiger partial charge in [0.1, 0.15) is 12.2 Å². The lowest BCUT2D eigenvalue weighted by molar-refractivity contribution is -0.489. The number of aliphatic hydroxyl groups excluding tert-OH is 1. The molecule has 78 valence electrons. The summed E-state index contributed by atoms with van der Waals surface area (Å²) in [6.45, 7) is 2.96. The zero-order valence-corrected chi connectivity index (χ0v) is 7.46. The van der Waals surface area contributed by atoms with Crippen LogP contribution in [-0.2, 0) is 9.53 Å². The molecule has 1 N–H and O–H groups in total. The molecule has 1 heterocycles. The lowest BCUT2D eigenvalue weighted by atomic mass is 9.97. The van der Waals surface area contributed by atoms with Crippen molar-refractivity contribution in [1.82, 2.24) is 0 Å². The number of esters is 1. The molecule has 1 aliphatic heterocycles. The molecule has 0 aliphatic carbocycles. The first-order valence-corrected chi connectivity index (χ1v) is 4.16. The minimum Gasteiger partial charge on any atom is -0.459 e. The van der Waals surface area contributed by atoms with Crippen molar-refractivity contribution in [1.29, 1.82) is 0 Å². The van der Waals surface area contributed by atoms with E-state index in [0.717, 1.165) is 0 Å². The highest BCUT2D eigenvalue weighted by atomic mass is 16.6. The molecule has 1 fully saturated rings. The molecule has 6 nitrogen and oxygen atoms in total. The van der Waals surface area contributed by atoms with Crippen molar-refractivity contribution >= 4 is 5.97 Å². The van der Waals surface area contributed by atoms with Crippen molar-refractivity contribution in [3.05, 3.63) is 22.8 Å². The van der Waals surface area contributed by atoms with E-state index in [9.17, 15) is 20.0 Å². The summed E-state index contributed by atoms with van der Waals surface area (Å²) in [4.78, 5) is 20.6. The molecule has 0 bridgehead atoms. The Hall–Kier alpha value is -1.43. The van der Waals surface area contributed by atoms with Crippen LogP contribution in [0.4, 0.5) is 0 Å². The van der Waals surface area contributed by atoms with Crippen LogP contribution in [0.2, 0.25) is 0 Å². The van der Waals surface area contributed by atoms with Gasteiger partial charge in [-0.1, -0.05) is 6.08 Å². The van der Waals surface area contributed by atoms with Gasteiger partial charge >= 0.3 is 5.97 Å². The average Bonchev–Trinajstić information content (AvgIpc) is 2.44. The predicted molar refractivity (Wildman–Crippen MR) is 46.1 cm³/mol. The molecule has 0 amide bonds.